The Hall–Kier alpha value is -2.25. The highest BCUT2D eigenvalue weighted by molar-refractivity contribution is 7.16. The highest BCUT2D eigenvalue weighted by Gasteiger charge is 2.18. The third-order valence-corrected chi connectivity index (χ3v) is 5.08. The van der Waals surface area contributed by atoms with Gasteiger partial charge in [0.05, 0.1) is 4.88 Å². The highest BCUT2D eigenvalue weighted by Crippen LogP contribution is 2.29. The molecule has 0 spiro atoms. The first-order valence-electron chi connectivity index (χ1n) is 6.79. The monoisotopic (exact) mass is 328 g/mol. The van der Waals surface area contributed by atoms with Crippen molar-refractivity contribution in [2.75, 3.05) is 0 Å². The fourth-order valence-corrected chi connectivity index (χ4v) is 3.62. The number of hydrogen-bond acceptors (Lipinski definition) is 6. The average Bonchev–Trinajstić information content (AvgIpc) is 3.24. The molecule has 0 bridgehead atoms. The van der Waals surface area contributed by atoms with Gasteiger partial charge in [0.25, 0.3) is 0 Å². The molecule has 0 aliphatic rings. The Kier molecular flexibility index (Phi) is 3.36. The zero-order chi connectivity index (χ0) is 14.9. The lowest BCUT2D eigenvalue weighted by Crippen LogP contribution is -2.03. The molecule has 5 nitrogen and oxygen atoms in total. The maximum absolute atomic E-state index is 5.92. The Morgan fingerprint density at radius 1 is 1.09 bits per heavy atom. The van der Waals surface area contributed by atoms with Gasteiger partial charge in [-0.05, 0) is 30.5 Å². The Balaban J connectivity index is 1.65. The minimum absolute atomic E-state index is 0.134. The normalized spacial score (nSPS) is 12.6. The van der Waals surface area contributed by atoms with Gasteiger partial charge in [-0.15, -0.1) is 21.5 Å². The van der Waals surface area contributed by atoms with Crippen LogP contribution >= 0.6 is 22.7 Å². The number of fused-ring (bicyclic) bond motifs is 1. The van der Waals surface area contributed by atoms with Crippen LogP contribution in [0.25, 0.3) is 15.7 Å². The van der Waals surface area contributed by atoms with Gasteiger partial charge in [0, 0.05) is 0 Å². The van der Waals surface area contributed by atoms with Crippen molar-refractivity contribution in [2.24, 2.45) is 0 Å². The molecule has 110 valence electrons. The van der Waals surface area contributed by atoms with E-state index in [2.05, 4.69) is 15.3 Å². The first-order valence-corrected chi connectivity index (χ1v) is 8.48. The van der Waals surface area contributed by atoms with E-state index in [0.717, 1.165) is 26.4 Å². The van der Waals surface area contributed by atoms with Gasteiger partial charge in [-0.25, -0.2) is 0 Å². The van der Waals surface area contributed by atoms with Crippen LogP contribution in [-0.4, -0.2) is 19.8 Å². The van der Waals surface area contributed by atoms with Crippen molar-refractivity contribution in [3.8, 4) is 16.5 Å². The van der Waals surface area contributed by atoms with Crippen LogP contribution in [0, 0.1) is 0 Å². The van der Waals surface area contributed by atoms with Gasteiger partial charge in [-0.1, -0.05) is 35.6 Å². The van der Waals surface area contributed by atoms with Crippen LogP contribution in [0.4, 0.5) is 0 Å². The third-order valence-electron chi connectivity index (χ3n) is 3.15. The molecule has 7 heteroatoms. The summed E-state index contributed by atoms with van der Waals surface area (Å²) in [6.07, 6.45) is -0.134. The number of nitrogens with zero attached hydrogens (tertiary/aromatic N) is 4. The van der Waals surface area contributed by atoms with Crippen molar-refractivity contribution >= 4 is 27.6 Å². The molecule has 0 aliphatic heterocycles. The molecule has 3 heterocycles. The molecule has 3 aromatic heterocycles. The van der Waals surface area contributed by atoms with Gasteiger partial charge in [-0.3, -0.25) is 0 Å². The predicted molar refractivity (Wildman–Crippen MR) is 87.5 cm³/mol. The molecule has 4 aromatic rings. The molecule has 22 heavy (non-hydrogen) atoms. The average molecular weight is 328 g/mol. The van der Waals surface area contributed by atoms with E-state index in [9.17, 15) is 0 Å². The molecule has 1 unspecified atom stereocenters. The van der Waals surface area contributed by atoms with Crippen molar-refractivity contribution in [1.82, 2.24) is 19.8 Å². The number of ether oxygens (including phenoxy) is 1. The molecular formula is C15H12N4OS2. The first-order chi connectivity index (χ1) is 10.8. The number of rotatable bonds is 4. The van der Waals surface area contributed by atoms with Crippen LogP contribution in [0.3, 0.4) is 0 Å². The molecule has 0 aliphatic carbocycles. The number of hydrogen-bond donors (Lipinski definition) is 0. The van der Waals surface area contributed by atoms with Crippen LogP contribution in [0.2, 0.25) is 0 Å². The molecule has 4 rings (SSSR count). The zero-order valence-electron chi connectivity index (χ0n) is 11.7. The predicted octanol–water partition coefficient (Wildman–Crippen LogP) is 4.05. The summed E-state index contributed by atoms with van der Waals surface area (Å²) in [5.41, 5.74) is 0. The van der Waals surface area contributed by atoms with E-state index in [4.69, 9.17) is 4.74 Å². The number of aromatic nitrogens is 4. The standard InChI is InChI=1S/C15H12N4OS2/c1-10(20-11-6-3-2-4-7-11)14-18-19-13(12-8-5-9-21-12)16-17-15(19)22-14/h2-10H,1H3. The summed E-state index contributed by atoms with van der Waals surface area (Å²) >= 11 is 3.13. The van der Waals surface area contributed by atoms with Gasteiger partial charge in [0.1, 0.15) is 11.9 Å². The summed E-state index contributed by atoms with van der Waals surface area (Å²) in [7, 11) is 0. The molecule has 1 atom stereocenters. The molecule has 0 fully saturated rings. The van der Waals surface area contributed by atoms with E-state index in [1.54, 1.807) is 15.9 Å². The van der Waals surface area contributed by atoms with Crippen molar-refractivity contribution in [2.45, 2.75) is 13.0 Å². The Bertz CT molecular complexity index is 883. The van der Waals surface area contributed by atoms with Crippen molar-refractivity contribution in [1.29, 1.82) is 0 Å². The second-order valence-corrected chi connectivity index (χ2v) is 6.64. The Morgan fingerprint density at radius 3 is 2.73 bits per heavy atom. The zero-order valence-corrected chi connectivity index (χ0v) is 13.3. The molecule has 0 saturated carbocycles. The van der Waals surface area contributed by atoms with E-state index in [-0.39, 0.29) is 6.10 Å². The van der Waals surface area contributed by atoms with E-state index < -0.39 is 0 Å². The van der Waals surface area contributed by atoms with Gasteiger partial charge < -0.3 is 4.74 Å². The molecule has 0 N–H and O–H groups in total. The van der Waals surface area contributed by atoms with Crippen LogP contribution in [0.15, 0.2) is 47.8 Å². The van der Waals surface area contributed by atoms with E-state index in [1.165, 1.54) is 11.3 Å². The quantitative estimate of drug-likeness (QED) is 0.567. The summed E-state index contributed by atoms with van der Waals surface area (Å²) in [4.78, 5) is 1.84. The van der Waals surface area contributed by atoms with Crippen LogP contribution < -0.4 is 4.74 Å². The van der Waals surface area contributed by atoms with E-state index in [1.807, 2.05) is 54.8 Å². The molecule has 0 amide bonds. The lowest BCUT2D eigenvalue weighted by atomic mass is 10.3. The topological polar surface area (TPSA) is 52.3 Å². The van der Waals surface area contributed by atoms with Crippen molar-refractivity contribution < 1.29 is 4.74 Å². The molecule has 1 aromatic carbocycles. The molecule has 0 saturated heterocycles. The second kappa shape index (κ2) is 5.51. The summed E-state index contributed by atoms with van der Waals surface area (Å²) in [5.74, 6) is 1.61. The lowest BCUT2D eigenvalue weighted by molar-refractivity contribution is 0.225. The SMILES string of the molecule is CC(Oc1ccccc1)c1nn2c(-c3cccs3)nnc2s1. The fourth-order valence-electron chi connectivity index (χ4n) is 2.11. The number of thiophene rings is 1. The smallest absolute Gasteiger partial charge is 0.235 e. The van der Waals surface area contributed by atoms with E-state index >= 15 is 0 Å². The highest BCUT2D eigenvalue weighted by atomic mass is 32.1. The number of para-hydroxylation sites is 1. The fraction of sp³-hybridized carbons (Fsp3) is 0.133. The summed E-state index contributed by atoms with van der Waals surface area (Å²) in [6, 6.07) is 13.8. The molecular weight excluding hydrogens is 316 g/mol. The van der Waals surface area contributed by atoms with Gasteiger partial charge in [-0.2, -0.15) is 9.61 Å². The van der Waals surface area contributed by atoms with Crippen LogP contribution in [0.5, 0.6) is 5.75 Å². The second-order valence-electron chi connectivity index (χ2n) is 4.71. The summed E-state index contributed by atoms with van der Waals surface area (Å²) in [5, 5.41) is 15.9. The largest absolute Gasteiger partial charge is 0.483 e. The lowest BCUT2D eigenvalue weighted by Gasteiger charge is -2.11. The van der Waals surface area contributed by atoms with Gasteiger partial charge in [0.2, 0.25) is 4.96 Å². The van der Waals surface area contributed by atoms with E-state index in [0.29, 0.717) is 0 Å². The number of benzene rings is 1. The van der Waals surface area contributed by atoms with Crippen molar-refractivity contribution in [3.63, 3.8) is 0 Å². The summed E-state index contributed by atoms with van der Waals surface area (Å²) < 4.78 is 7.71. The van der Waals surface area contributed by atoms with Gasteiger partial charge >= 0.3 is 0 Å². The first kappa shape index (κ1) is 13.4. The van der Waals surface area contributed by atoms with Gasteiger partial charge in [0.15, 0.2) is 10.8 Å². The van der Waals surface area contributed by atoms with Crippen LogP contribution in [0.1, 0.15) is 18.0 Å². The maximum atomic E-state index is 5.92. The summed E-state index contributed by atoms with van der Waals surface area (Å²) in [6.45, 7) is 1.99. The minimum atomic E-state index is -0.134. The van der Waals surface area contributed by atoms with Crippen molar-refractivity contribution in [3.05, 3.63) is 52.9 Å². The third kappa shape index (κ3) is 2.38. The molecule has 0 radical (unpaired) electrons. The Labute approximate surface area is 134 Å². The Morgan fingerprint density at radius 2 is 1.95 bits per heavy atom. The maximum Gasteiger partial charge on any atom is 0.235 e. The van der Waals surface area contributed by atoms with Crippen LogP contribution in [-0.2, 0) is 0 Å². The minimum Gasteiger partial charge on any atom is -0.483 e.